The maximum absolute atomic E-state index is 11.7. The van der Waals surface area contributed by atoms with E-state index in [-0.39, 0.29) is 6.03 Å². The third-order valence-electron chi connectivity index (χ3n) is 2.83. The number of aromatic nitrogens is 1. The van der Waals surface area contributed by atoms with Crippen LogP contribution in [0.5, 0.6) is 0 Å². The van der Waals surface area contributed by atoms with E-state index in [9.17, 15) is 4.79 Å². The molecule has 1 unspecified atom stereocenters. The minimum Gasteiger partial charge on any atom is -0.337 e. The second-order valence-corrected chi connectivity index (χ2v) is 5.08. The van der Waals surface area contributed by atoms with Crippen LogP contribution in [0.2, 0.25) is 0 Å². The van der Waals surface area contributed by atoms with E-state index in [1.807, 2.05) is 10.3 Å². The van der Waals surface area contributed by atoms with Crippen LogP contribution in [0.1, 0.15) is 30.7 Å². The Labute approximate surface area is 99.7 Å². The predicted molar refractivity (Wildman–Crippen MR) is 64.7 cm³/mol. The molecule has 88 valence electrons. The Morgan fingerprint density at radius 2 is 2.38 bits per heavy atom. The van der Waals surface area contributed by atoms with E-state index in [4.69, 9.17) is 0 Å². The Morgan fingerprint density at radius 3 is 3.00 bits per heavy atom. The zero-order valence-electron chi connectivity index (χ0n) is 9.48. The summed E-state index contributed by atoms with van der Waals surface area (Å²) in [5.41, 5.74) is 0. The molecule has 0 bridgehead atoms. The summed E-state index contributed by atoms with van der Waals surface area (Å²) in [4.78, 5) is 17.8. The molecule has 16 heavy (non-hydrogen) atoms. The van der Waals surface area contributed by atoms with Crippen LogP contribution in [0.4, 0.5) is 4.79 Å². The summed E-state index contributed by atoms with van der Waals surface area (Å²) >= 11 is 1.64. The normalized spacial score (nSPS) is 17.4. The molecule has 1 saturated heterocycles. The number of amides is 2. The summed E-state index contributed by atoms with van der Waals surface area (Å²) in [6.07, 6.45) is 4.07. The van der Waals surface area contributed by atoms with Gasteiger partial charge in [0.25, 0.3) is 0 Å². The smallest absolute Gasteiger partial charge is 0.317 e. The Balaban J connectivity index is 1.76. The molecule has 0 spiro atoms. The van der Waals surface area contributed by atoms with Crippen LogP contribution in [0, 0.1) is 0 Å². The average molecular weight is 239 g/mol. The van der Waals surface area contributed by atoms with Gasteiger partial charge in [0.1, 0.15) is 0 Å². The molecule has 1 aliphatic rings. The van der Waals surface area contributed by atoms with Crippen molar-refractivity contribution in [1.29, 1.82) is 0 Å². The molecule has 1 aromatic rings. The fourth-order valence-electron chi connectivity index (χ4n) is 1.84. The highest BCUT2D eigenvalue weighted by Gasteiger charge is 2.18. The van der Waals surface area contributed by atoms with E-state index in [1.54, 1.807) is 17.5 Å². The van der Waals surface area contributed by atoms with Crippen LogP contribution < -0.4 is 5.32 Å². The number of likely N-dealkylation sites (tertiary alicyclic amines) is 1. The SMILES string of the molecule is CC(CNC(=O)N1CCCC1)c1nccs1. The monoisotopic (exact) mass is 239 g/mol. The molecule has 0 saturated carbocycles. The van der Waals surface area contributed by atoms with Crippen molar-refractivity contribution in [2.75, 3.05) is 19.6 Å². The molecule has 1 aromatic heterocycles. The third-order valence-corrected chi connectivity index (χ3v) is 3.83. The molecule has 1 atom stereocenters. The Bertz CT molecular complexity index is 333. The molecular formula is C11H17N3OS. The van der Waals surface area contributed by atoms with Crippen LogP contribution in [-0.4, -0.2) is 35.5 Å². The van der Waals surface area contributed by atoms with Gasteiger partial charge in [-0.05, 0) is 12.8 Å². The Morgan fingerprint density at radius 1 is 1.62 bits per heavy atom. The molecule has 1 aliphatic heterocycles. The summed E-state index contributed by atoms with van der Waals surface area (Å²) in [7, 11) is 0. The van der Waals surface area contributed by atoms with Crippen molar-refractivity contribution in [2.45, 2.75) is 25.7 Å². The molecule has 1 N–H and O–H groups in total. The van der Waals surface area contributed by atoms with Gasteiger partial charge >= 0.3 is 6.03 Å². The van der Waals surface area contributed by atoms with Crippen LogP contribution >= 0.6 is 11.3 Å². The quantitative estimate of drug-likeness (QED) is 0.877. The number of thiazole rings is 1. The molecule has 5 heteroatoms. The zero-order valence-corrected chi connectivity index (χ0v) is 10.3. The topological polar surface area (TPSA) is 45.2 Å². The highest BCUT2D eigenvalue weighted by molar-refractivity contribution is 7.09. The van der Waals surface area contributed by atoms with Crippen LogP contribution in [0.25, 0.3) is 0 Å². The fourth-order valence-corrected chi connectivity index (χ4v) is 2.54. The van der Waals surface area contributed by atoms with E-state index < -0.39 is 0 Å². The molecular weight excluding hydrogens is 222 g/mol. The van der Waals surface area contributed by atoms with Gasteiger partial charge in [-0.15, -0.1) is 11.3 Å². The largest absolute Gasteiger partial charge is 0.337 e. The van der Waals surface area contributed by atoms with E-state index in [0.717, 1.165) is 30.9 Å². The van der Waals surface area contributed by atoms with Crippen LogP contribution in [0.3, 0.4) is 0 Å². The molecule has 2 heterocycles. The number of nitrogens with one attached hydrogen (secondary N) is 1. The number of carbonyl (C=O) groups is 1. The van der Waals surface area contributed by atoms with Gasteiger partial charge < -0.3 is 10.2 Å². The number of hydrogen-bond acceptors (Lipinski definition) is 3. The molecule has 1 fully saturated rings. The van der Waals surface area contributed by atoms with Gasteiger partial charge in [-0.2, -0.15) is 0 Å². The molecule has 2 amide bonds. The summed E-state index contributed by atoms with van der Waals surface area (Å²) in [6.45, 7) is 4.56. The van der Waals surface area contributed by atoms with Gasteiger partial charge in [-0.1, -0.05) is 6.92 Å². The minimum atomic E-state index is 0.0703. The van der Waals surface area contributed by atoms with Gasteiger partial charge in [-0.25, -0.2) is 9.78 Å². The van der Waals surface area contributed by atoms with E-state index in [1.165, 1.54) is 0 Å². The molecule has 4 nitrogen and oxygen atoms in total. The van der Waals surface area contributed by atoms with Gasteiger partial charge in [-0.3, -0.25) is 0 Å². The standard InChI is InChI=1S/C11H17N3OS/c1-9(10-12-4-7-16-10)8-13-11(15)14-5-2-3-6-14/h4,7,9H,2-3,5-6,8H2,1H3,(H,13,15). The molecule has 0 aromatic carbocycles. The second kappa shape index (κ2) is 5.30. The zero-order chi connectivity index (χ0) is 11.4. The highest BCUT2D eigenvalue weighted by atomic mass is 32.1. The Hall–Kier alpha value is -1.10. The summed E-state index contributed by atoms with van der Waals surface area (Å²) in [6, 6.07) is 0.0703. The lowest BCUT2D eigenvalue weighted by molar-refractivity contribution is 0.208. The van der Waals surface area contributed by atoms with E-state index in [2.05, 4.69) is 17.2 Å². The molecule has 2 rings (SSSR count). The van der Waals surface area contributed by atoms with E-state index in [0.29, 0.717) is 12.5 Å². The first-order valence-electron chi connectivity index (χ1n) is 5.69. The number of nitrogens with zero attached hydrogens (tertiary/aromatic N) is 2. The molecule has 0 radical (unpaired) electrons. The summed E-state index contributed by atoms with van der Waals surface area (Å²) in [5.74, 6) is 0.298. The van der Waals surface area contributed by atoms with Crippen molar-refractivity contribution in [1.82, 2.24) is 15.2 Å². The first-order valence-corrected chi connectivity index (χ1v) is 6.57. The first kappa shape index (κ1) is 11.4. The van der Waals surface area contributed by atoms with E-state index >= 15 is 0 Å². The number of rotatable bonds is 3. The average Bonchev–Trinajstić information content (AvgIpc) is 2.95. The van der Waals surface area contributed by atoms with Crippen molar-refractivity contribution in [2.24, 2.45) is 0 Å². The predicted octanol–water partition coefficient (Wildman–Crippen LogP) is 2.05. The molecule has 0 aliphatic carbocycles. The van der Waals surface area contributed by atoms with Crippen LogP contribution in [0.15, 0.2) is 11.6 Å². The van der Waals surface area contributed by atoms with Crippen LogP contribution in [-0.2, 0) is 0 Å². The lowest BCUT2D eigenvalue weighted by Gasteiger charge is -2.17. The van der Waals surface area contributed by atoms with Crippen molar-refractivity contribution < 1.29 is 4.79 Å². The van der Waals surface area contributed by atoms with Crippen molar-refractivity contribution >= 4 is 17.4 Å². The second-order valence-electron chi connectivity index (χ2n) is 4.15. The highest BCUT2D eigenvalue weighted by Crippen LogP contribution is 2.16. The van der Waals surface area contributed by atoms with Crippen molar-refractivity contribution in [3.8, 4) is 0 Å². The lowest BCUT2D eigenvalue weighted by atomic mass is 10.2. The first-order chi connectivity index (χ1) is 7.77. The van der Waals surface area contributed by atoms with Crippen molar-refractivity contribution in [3.05, 3.63) is 16.6 Å². The maximum atomic E-state index is 11.7. The number of urea groups is 1. The summed E-state index contributed by atoms with van der Waals surface area (Å²) in [5, 5.41) is 6.02. The van der Waals surface area contributed by atoms with Gasteiger partial charge in [0, 0.05) is 37.1 Å². The number of hydrogen-bond donors (Lipinski definition) is 1. The van der Waals surface area contributed by atoms with Gasteiger partial charge in [0.2, 0.25) is 0 Å². The Kier molecular flexibility index (Phi) is 3.77. The van der Waals surface area contributed by atoms with Gasteiger partial charge in [0.05, 0.1) is 5.01 Å². The van der Waals surface area contributed by atoms with Gasteiger partial charge in [0.15, 0.2) is 0 Å². The lowest BCUT2D eigenvalue weighted by Crippen LogP contribution is -2.39. The van der Waals surface area contributed by atoms with Crippen molar-refractivity contribution in [3.63, 3.8) is 0 Å². The third kappa shape index (κ3) is 2.72. The fraction of sp³-hybridized carbons (Fsp3) is 0.636. The number of carbonyl (C=O) groups excluding carboxylic acids is 1. The minimum absolute atomic E-state index is 0.0703. The summed E-state index contributed by atoms with van der Waals surface area (Å²) < 4.78 is 0. The maximum Gasteiger partial charge on any atom is 0.317 e.